The van der Waals surface area contributed by atoms with Crippen molar-refractivity contribution in [3.05, 3.63) is 60.4 Å². The minimum absolute atomic E-state index is 0.0488. The molecule has 8 heteroatoms. The maximum absolute atomic E-state index is 12.5. The van der Waals surface area contributed by atoms with E-state index < -0.39 is 0 Å². The van der Waals surface area contributed by atoms with E-state index in [1.807, 2.05) is 42.5 Å². The molecule has 1 aromatic carbocycles. The lowest BCUT2D eigenvalue weighted by Gasteiger charge is -2.26. The van der Waals surface area contributed by atoms with E-state index in [4.69, 9.17) is 4.74 Å². The summed E-state index contributed by atoms with van der Waals surface area (Å²) in [5, 5.41) is 7.44. The minimum atomic E-state index is -0.233. The lowest BCUT2D eigenvalue weighted by atomic mass is 10.1. The van der Waals surface area contributed by atoms with Crippen molar-refractivity contribution in [2.24, 2.45) is 0 Å². The number of anilines is 1. The Morgan fingerprint density at radius 2 is 2.07 bits per heavy atom. The quantitative estimate of drug-likeness (QED) is 0.694. The zero-order valence-corrected chi connectivity index (χ0v) is 16.0. The number of aromatic nitrogens is 3. The Bertz CT molecular complexity index is 1010. The van der Waals surface area contributed by atoms with Crippen molar-refractivity contribution < 1.29 is 14.3 Å². The minimum Gasteiger partial charge on any atom is -0.497 e. The van der Waals surface area contributed by atoms with Crippen LogP contribution in [0.4, 0.5) is 5.82 Å². The van der Waals surface area contributed by atoms with Gasteiger partial charge in [0.2, 0.25) is 11.8 Å². The Morgan fingerprint density at radius 1 is 1.24 bits per heavy atom. The molecule has 1 N–H and O–H groups in total. The van der Waals surface area contributed by atoms with Crippen LogP contribution >= 0.6 is 0 Å². The van der Waals surface area contributed by atoms with Gasteiger partial charge in [0.25, 0.3) is 0 Å². The van der Waals surface area contributed by atoms with Crippen molar-refractivity contribution in [1.82, 2.24) is 20.1 Å². The molecule has 1 aliphatic heterocycles. The second-order valence-corrected chi connectivity index (χ2v) is 6.71. The molecule has 2 amide bonds. The second kappa shape index (κ2) is 8.14. The number of ether oxygens (including phenoxy) is 1. The summed E-state index contributed by atoms with van der Waals surface area (Å²) in [4.78, 5) is 30.4. The first-order valence-corrected chi connectivity index (χ1v) is 9.32. The van der Waals surface area contributed by atoms with Gasteiger partial charge in [0.05, 0.1) is 19.3 Å². The Kier molecular flexibility index (Phi) is 5.24. The van der Waals surface area contributed by atoms with Gasteiger partial charge in [-0.15, -0.1) is 0 Å². The lowest BCUT2D eigenvalue weighted by Crippen LogP contribution is -2.44. The van der Waals surface area contributed by atoms with Crippen molar-refractivity contribution in [3.63, 3.8) is 0 Å². The molecule has 0 aliphatic carbocycles. The maximum Gasteiger partial charge on any atom is 0.240 e. The summed E-state index contributed by atoms with van der Waals surface area (Å²) < 4.78 is 6.96. The van der Waals surface area contributed by atoms with E-state index >= 15 is 0 Å². The van der Waals surface area contributed by atoms with Crippen LogP contribution in [-0.2, 0) is 22.7 Å². The highest BCUT2D eigenvalue weighted by atomic mass is 16.5. The highest BCUT2D eigenvalue weighted by molar-refractivity contribution is 5.99. The molecule has 3 aromatic rings. The summed E-state index contributed by atoms with van der Waals surface area (Å²) >= 11 is 0. The fourth-order valence-corrected chi connectivity index (χ4v) is 3.23. The van der Waals surface area contributed by atoms with Gasteiger partial charge < -0.3 is 10.1 Å². The van der Waals surface area contributed by atoms with Gasteiger partial charge in [-0.2, -0.15) is 5.10 Å². The highest BCUT2D eigenvalue weighted by Gasteiger charge is 2.28. The van der Waals surface area contributed by atoms with Gasteiger partial charge in [-0.1, -0.05) is 6.07 Å². The van der Waals surface area contributed by atoms with E-state index in [2.05, 4.69) is 15.4 Å². The lowest BCUT2D eigenvalue weighted by molar-refractivity contribution is -0.124. The maximum atomic E-state index is 12.5. The molecule has 29 heavy (non-hydrogen) atoms. The van der Waals surface area contributed by atoms with Crippen LogP contribution in [0.2, 0.25) is 0 Å². The number of nitrogens with one attached hydrogen (secondary N) is 1. The molecule has 4 rings (SSSR count). The number of aryl methyl sites for hydroxylation is 1. The van der Waals surface area contributed by atoms with E-state index in [9.17, 15) is 9.59 Å². The third-order valence-corrected chi connectivity index (χ3v) is 4.77. The third-order valence-electron chi connectivity index (χ3n) is 4.77. The smallest absolute Gasteiger partial charge is 0.240 e. The molecule has 0 spiro atoms. The van der Waals surface area contributed by atoms with Crippen molar-refractivity contribution in [2.45, 2.75) is 19.5 Å². The van der Waals surface area contributed by atoms with Crippen molar-refractivity contribution in [2.75, 3.05) is 18.6 Å². The highest BCUT2D eigenvalue weighted by Crippen LogP contribution is 2.28. The van der Waals surface area contributed by atoms with E-state index in [1.54, 1.807) is 24.2 Å². The summed E-state index contributed by atoms with van der Waals surface area (Å²) in [6, 6.07) is 13.1. The summed E-state index contributed by atoms with van der Waals surface area (Å²) in [7, 11) is 1.62. The number of rotatable bonds is 6. The number of nitrogens with zero attached hydrogens (tertiary/aromatic N) is 4. The number of methoxy groups -OCH3 is 1. The normalized spacial score (nSPS) is 13.1. The van der Waals surface area contributed by atoms with Gasteiger partial charge >= 0.3 is 0 Å². The number of hydrogen-bond acceptors (Lipinski definition) is 5. The van der Waals surface area contributed by atoms with E-state index in [0.29, 0.717) is 25.3 Å². The molecule has 0 saturated heterocycles. The molecule has 0 atom stereocenters. The van der Waals surface area contributed by atoms with Crippen LogP contribution in [-0.4, -0.2) is 40.2 Å². The van der Waals surface area contributed by atoms with Gasteiger partial charge in [0.15, 0.2) is 0 Å². The molecule has 148 valence electrons. The number of hydrogen-bond donors (Lipinski definition) is 1. The average molecular weight is 391 g/mol. The summed E-state index contributed by atoms with van der Waals surface area (Å²) in [5.74, 6) is 1.07. The van der Waals surface area contributed by atoms with Crippen LogP contribution in [0.1, 0.15) is 12.0 Å². The molecule has 3 heterocycles. The molecule has 0 bridgehead atoms. The SMILES string of the molecule is COc1ccc(-c2cc3n(n2)CCC(=O)N3CC(=O)NCc2cccnc2)cc1. The van der Waals surface area contributed by atoms with Crippen molar-refractivity contribution in [3.8, 4) is 17.0 Å². The van der Waals surface area contributed by atoms with Gasteiger partial charge in [0.1, 0.15) is 18.1 Å². The van der Waals surface area contributed by atoms with Gasteiger partial charge in [-0.3, -0.25) is 19.5 Å². The van der Waals surface area contributed by atoms with Crippen LogP contribution < -0.4 is 15.0 Å². The number of amides is 2. The van der Waals surface area contributed by atoms with Crippen LogP contribution in [0.25, 0.3) is 11.3 Å². The second-order valence-electron chi connectivity index (χ2n) is 6.71. The largest absolute Gasteiger partial charge is 0.497 e. The van der Waals surface area contributed by atoms with Gasteiger partial charge in [0, 0.05) is 37.0 Å². The van der Waals surface area contributed by atoms with Crippen LogP contribution in [0.3, 0.4) is 0 Å². The first kappa shape index (κ1) is 18.7. The number of benzene rings is 1. The van der Waals surface area contributed by atoms with Crippen molar-refractivity contribution >= 4 is 17.6 Å². The molecule has 0 radical (unpaired) electrons. The predicted octanol–water partition coefficient (Wildman–Crippen LogP) is 2.01. The number of fused-ring (bicyclic) bond motifs is 1. The van der Waals surface area contributed by atoms with Crippen molar-refractivity contribution in [1.29, 1.82) is 0 Å². The molecule has 0 unspecified atom stereocenters. The zero-order chi connectivity index (χ0) is 20.2. The Hall–Kier alpha value is -3.68. The number of carbonyl (C=O) groups is 2. The molecule has 2 aromatic heterocycles. The van der Waals surface area contributed by atoms with E-state index in [-0.39, 0.29) is 18.4 Å². The van der Waals surface area contributed by atoms with Crippen LogP contribution in [0.15, 0.2) is 54.9 Å². The summed E-state index contributed by atoms with van der Waals surface area (Å²) in [5.41, 5.74) is 2.57. The van der Waals surface area contributed by atoms with Crippen LogP contribution in [0, 0.1) is 0 Å². The first-order valence-electron chi connectivity index (χ1n) is 9.32. The van der Waals surface area contributed by atoms with Gasteiger partial charge in [-0.05, 0) is 35.9 Å². The number of pyridine rings is 1. The molecular formula is C21H21N5O3. The van der Waals surface area contributed by atoms with Crippen LogP contribution in [0.5, 0.6) is 5.75 Å². The third kappa shape index (κ3) is 4.11. The summed E-state index contributed by atoms with van der Waals surface area (Å²) in [6.07, 6.45) is 3.69. The number of carbonyl (C=O) groups excluding carboxylic acids is 2. The summed E-state index contributed by atoms with van der Waals surface area (Å²) in [6.45, 7) is 0.816. The monoisotopic (exact) mass is 391 g/mol. The molecule has 0 fully saturated rings. The topological polar surface area (TPSA) is 89.4 Å². The average Bonchev–Trinajstić information content (AvgIpc) is 3.20. The first-order chi connectivity index (χ1) is 14.1. The standard InChI is InChI=1S/C21H21N5O3/c1-29-17-6-4-16(5-7-17)18-11-20-25(21(28)8-10-26(20)24-18)14-19(27)23-13-15-3-2-9-22-12-15/h2-7,9,11-12H,8,10,13-14H2,1H3,(H,23,27). The molecular weight excluding hydrogens is 370 g/mol. The van der Waals surface area contributed by atoms with E-state index in [1.165, 1.54) is 4.90 Å². The Labute approximate surface area is 168 Å². The fraction of sp³-hybridized carbons (Fsp3) is 0.238. The molecule has 8 nitrogen and oxygen atoms in total. The Balaban J connectivity index is 1.49. The molecule has 0 saturated carbocycles. The zero-order valence-electron chi connectivity index (χ0n) is 16.0. The fourth-order valence-electron chi connectivity index (χ4n) is 3.23. The van der Waals surface area contributed by atoms with Gasteiger partial charge in [-0.25, -0.2) is 4.68 Å². The Morgan fingerprint density at radius 3 is 2.79 bits per heavy atom. The molecule has 1 aliphatic rings. The van der Waals surface area contributed by atoms with E-state index in [0.717, 1.165) is 22.6 Å². The predicted molar refractivity (Wildman–Crippen MR) is 107 cm³/mol.